The van der Waals surface area contributed by atoms with E-state index in [0.29, 0.717) is 4.75 Å². The van der Waals surface area contributed by atoms with Crippen molar-refractivity contribution in [1.82, 2.24) is 4.90 Å². The second kappa shape index (κ2) is 5.97. The van der Waals surface area contributed by atoms with Crippen LogP contribution in [0, 0.1) is 0 Å². The van der Waals surface area contributed by atoms with Gasteiger partial charge < -0.3 is 5.11 Å². The minimum atomic E-state index is -0.762. The molecule has 1 fully saturated rings. The van der Waals surface area contributed by atoms with Crippen LogP contribution in [-0.4, -0.2) is 39.6 Å². The van der Waals surface area contributed by atoms with Crippen molar-refractivity contribution in [2.75, 3.05) is 18.8 Å². The van der Waals surface area contributed by atoms with Crippen LogP contribution in [-0.2, 0) is 17.8 Å². The zero-order chi connectivity index (χ0) is 13.9. The smallest absolute Gasteiger partial charge is 0.307 e. The maximum absolute atomic E-state index is 10.9. The first-order valence-corrected chi connectivity index (χ1v) is 7.60. The quantitative estimate of drug-likeness (QED) is 0.920. The molecular formula is C15H21NO2S. The second-order valence-corrected chi connectivity index (χ2v) is 7.46. The molecule has 0 aromatic heterocycles. The van der Waals surface area contributed by atoms with Crippen LogP contribution in [0.2, 0.25) is 0 Å². The molecule has 1 aliphatic heterocycles. The van der Waals surface area contributed by atoms with E-state index in [-0.39, 0.29) is 6.42 Å². The fraction of sp³-hybridized carbons (Fsp3) is 0.533. The summed E-state index contributed by atoms with van der Waals surface area (Å²) in [5.41, 5.74) is 2.08. The van der Waals surface area contributed by atoms with Crippen molar-refractivity contribution in [3.8, 4) is 0 Å². The van der Waals surface area contributed by atoms with Crippen LogP contribution in [0.1, 0.15) is 25.0 Å². The first-order valence-electron chi connectivity index (χ1n) is 6.61. The molecule has 2 rings (SSSR count). The first kappa shape index (κ1) is 14.4. The maximum Gasteiger partial charge on any atom is 0.307 e. The minimum Gasteiger partial charge on any atom is -0.481 e. The van der Waals surface area contributed by atoms with Crippen molar-refractivity contribution in [3.63, 3.8) is 0 Å². The molecule has 1 aromatic carbocycles. The number of carboxylic acid groups (broad SMARTS) is 1. The predicted molar refractivity (Wildman–Crippen MR) is 79.6 cm³/mol. The van der Waals surface area contributed by atoms with Gasteiger partial charge in [-0.15, -0.1) is 0 Å². The van der Waals surface area contributed by atoms with Gasteiger partial charge in [0.1, 0.15) is 0 Å². The predicted octanol–water partition coefficient (Wildman–Crippen LogP) is 2.64. The highest BCUT2D eigenvalue weighted by Gasteiger charge is 2.27. The van der Waals surface area contributed by atoms with E-state index in [9.17, 15) is 4.79 Å². The van der Waals surface area contributed by atoms with Crippen molar-refractivity contribution in [2.24, 2.45) is 0 Å². The summed E-state index contributed by atoms with van der Waals surface area (Å²) in [6.07, 6.45) is 0.113. The highest BCUT2D eigenvalue weighted by molar-refractivity contribution is 8.00. The number of hydrogen-bond acceptors (Lipinski definition) is 3. The molecule has 0 radical (unpaired) electrons. The lowest BCUT2D eigenvalue weighted by Gasteiger charge is -2.37. The summed E-state index contributed by atoms with van der Waals surface area (Å²) in [6, 6.07) is 7.88. The molecule has 104 valence electrons. The molecular weight excluding hydrogens is 258 g/mol. The molecule has 0 saturated carbocycles. The standard InChI is InChI=1S/C15H21NO2S/c1-15(2)11-16(7-8-19-15)10-13-6-4-3-5-12(13)9-14(17)18/h3-6H,7-11H2,1-2H3,(H,17,18). The van der Waals surface area contributed by atoms with Crippen LogP contribution in [0.3, 0.4) is 0 Å². The largest absolute Gasteiger partial charge is 0.481 e. The molecule has 4 heteroatoms. The topological polar surface area (TPSA) is 40.5 Å². The number of benzene rings is 1. The van der Waals surface area contributed by atoms with Crippen molar-refractivity contribution in [1.29, 1.82) is 0 Å². The van der Waals surface area contributed by atoms with Crippen molar-refractivity contribution >= 4 is 17.7 Å². The summed E-state index contributed by atoms with van der Waals surface area (Å²) < 4.78 is 0.292. The summed E-state index contributed by atoms with van der Waals surface area (Å²) in [5, 5.41) is 8.96. The van der Waals surface area contributed by atoms with Gasteiger partial charge in [-0.3, -0.25) is 9.69 Å². The van der Waals surface area contributed by atoms with Crippen LogP contribution in [0.25, 0.3) is 0 Å². The van der Waals surface area contributed by atoms with E-state index in [1.807, 2.05) is 36.0 Å². The van der Waals surface area contributed by atoms with E-state index >= 15 is 0 Å². The average Bonchev–Trinajstić information content (AvgIpc) is 2.30. The minimum absolute atomic E-state index is 0.113. The normalized spacial score (nSPS) is 19.3. The Morgan fingerprint density at radius 1 is 1.37 bits per heavy atom. The van der Waals surface area contributed by atoms with Crippen LogP contribution >= 0.6 is 11.8 Å². The van der Waals surface area contributed by atoms with Crippen LogP contribution < -0.4 is 0 Å². The summed E-state index contributed by atoms with van der Waals surface area (Å²) in [7, 11) is 0. The van der Waals surface area contributed by atoms with Gasteiger partial charge >= 0.3 is 5.97 Å². The molecule has 19 heavy (non-hydrogen) atoms. The van der Waals surface area contributed by atoms with Gasteiger partial charge in [-0.2, -0.15) is 11.8 Å². The molecule has 1 N–H and O–H groups in total. The molecule has 1 aromatic rings. The van der Waals surface area contributed by atoms with Gasteiger partial charge in [-0.05, 0) is 25.0 Å². The third-order valence-corrected chi connectivity index (χ3v) is 4.66. The summed E-state index contributed by atoms with van der Waals surface area (Å²) in [4.78, 5) is 13.3. The fourth-order valence-corrected chi connectivity index (χ4v) is 3.71. The summed E-state index contributed by atoms with van der Waals surface area (Å²) in [6.45, 7) is 7.53. The number of thioether (sulfide) groups is 1. The van der Waals surface area contributed by atoms with Crippen molar-refractivity contribution < 1.29 is 9.90 Å². The highest BCUT2D eigenvalue weighted by atomic mass is 32.2. The Balaban J connectivity index is 2.08. The van der Waals surface area contributed by atoms with E-state index in [1.165, 1.54) is 0 Å². The Labute approximate surface area is 119 Å². The number of hydrogen-bond donors (Lipinski definition) is 1. The molecule has 3 nitrogen and oxygen atoms in total. The van der Waals surface area contributed by atoms with E-state index in [1.54, 1.807) is 0 Å². The molecule has 0 bridgehead atoms. The van der Waals surface area contributed by atoms with Crippen molar-refractivity contribution in [3.05, 3.63) is 35.4 Å². The number of nitrogens with zero attached hydrogens (tertiary/aromatic N) is 1. The zero-order valence-corrected chi connectivity index (χ0v) is 12.4. The fourth-order valence-electron chi connectivity index (χ4n) is 2.54. The van der Waals surface area contributed by atoms with E-state index in [2.05, 4.69) is 18.7 Å². The molecule has 1 heterocycles. The third kappa shape index (κ3) is 4.25. The third-order valence-electron chi connectivity index (χ3n) is 3.36. The monoisotopic (exact) mass is 279 g/mol. The van der Waals surface area contributed by atoms with Crippen molar-refractivity contribution in [2.45, 2.75) is 31.6 Å². The molecule has 0 amide bonds. The number of rotatable bonds is 4. The maximum atomic E-state index is 10.9. The van der Waals surface area contributed by atoms with Crippen LogP contribution in [0.15, 0.2) is 24.3 Å². The summed E-state index contributed by atoms with van der Waals surface area (Å²) in [5.74, 6) is 0.385. The molecule has 0 atom stereocenters. The second-order valence-electron chi connectivity index (χ2n) is 5.66. The van der Waals surface area contributed by atoms with E-state index in [0.717, 1.165) is 36.5 Å². The number of carbonyl (C=O) groups is 1. The Morgan fingerprint density at radius 3 is 2.68 bits per heavy atom. The Kier molecular flexibility index (Phi) is 4.53. The Morgan fingerprint density at radius 2 is 2.05 bits per heavy atom. The molecule has 0 unspecified atom stereocenters. The Hall–Kier alpha value is -1.00. The lowest BCUT2D eigenvalue weighted by Crippen LogP contribution is -2.42. The van der Waals surface area contributed by atoms with Gasteiger partial charge in [0.05, 0.1) is 6.42 Å². The number of aliphatic carboxylic acids is 1. The van der Waals surface area contributed by atoms with E-state index < -0.39 is 5.97 Å². The Bertz CT molecular complexity index is 459. The first-order chi connectivity index (χ1) is 8.96. The van der Waals surface area contributed by atoms with E-state index in [4.69, 9.17) is 5.11 Å². The van der Waals surface area contributed by atoms with Crippen LogP contribution in [0.4, 0.5) is 0 Å². The SMILES string of the molecule is CC1(C)CN(Cc2ccccc2CC(=O)O)CCS1. The lowest BCUT2D eigenvalue weighted by atomic mass is 10.0. The van der Waals surface area contributed by atoms with Gasteiger partial charge in [0.2, 0.25) is 0 Å². The van der Waals surface area contributed by atoms with Gasteiger partial charge in [-0.1, -0.05) is 24.3 Å². The summed E-state index contributed by atoms with van der Waals surface area (Å²) >= 11 is 2.01. The van der Waals surface area contributed by atoms with Gasteiger partial charge in [0.25, 0.3) is 0 Å². The molecule has 0 spiro atoms. The average molecular weight is 279 g/mol. The molecule has 1 aliphatic rings. The van der Waals surface area contributed by atoms with Crippen LogP contribution in [0.5, 0.6) is 0 Å². The van der Waals surface area contributed by atoms with Gasteiger partial charge in [-0.25, -0.2) is 0 Å². The lowest BCUT2D eigenvalue weighted by molar-refractivity contribution is -0.136. The van der Waals surface area contributed by atoms with Gasteiger partial charge in [0, 0.05) is 30.1 Å². The zero-order valence-electron chi connectivity index (χ0n) is 11.6. The molecule has 1 saturated heterocycles. The highest BCUT2D eigenvalue weighted by Crippen LogP contribution is 2.30. The van der Waals surface area contributed by atoms with Gasteiger partial charge in [0.15, 0.2) is 0 Å². The number of carboxylic acids is 1. The molecule has 0 aliphatic carbocycles.